The average Bonchev–Trinajstić information content (AvgIpc) is 3.04. The van der Waals surface area contributed by atoms with Crippen LogP contribution in [0.15, 0.2) is 24.3 Å². The summed E-state index contributed by atoms with van der Waals surface area (Å²) in [5.41, 5.74) is 0.896. The van der Waals surface area contributed by atoms with Crippen molar-refractivity contribution in [2.45, 2.75) is 6.42 Å². The number of carbonyl (C=O) groups is 1. The molecule has 1 aromatic heterocycles. The summed E-state index contributed by atoms with van der Waals surface area (Å²) in [6.45, 7) is 1.17. The Kier molecular flexibility index (Phi) is 3.05. The number of hydrogen-bond donors (Lipinski definition) is 1. The Bertz CT molecular complexity index is 627. The average molecular weight is 272 g/mol. The number of nitriles is 1. The molecule has 5 nitrogen and oxygen atoms in total. The zero-order valence-corrected chi connectivity index (χ0v) is 11.0. The number of amides is 1. The molecule has 0 saturated carbocycles. The highest BCUT2D eigenvalue weighted by atomic mass is 32.1. The zero-order chi connectivity index (χ0) is 13.2. The molecule has 0 aliphatic carbocycles. The third-order valence-corrected chi connectivity index (χ3v) is 4.18. The van der Waals surface area contributed by atoms with Crippen molar-refractivity contribution < 1.29 is 4.79 Å². The lowest BCUT2D eigenvalue weighted by atomic mass is 10.1. The van der Waals surface area contributed by atoms with E-state index in [0.29, 0.717) is 18.2 Å². The molecule has 1 atom stereocenters. The molecule has 0 radical (unpaired) electrons. The highest BCUT2D eigenvalue weighted by Gasteiger charge is 2.28. The van der Waals surface area contributed by atoms with Gasteiger partial charge < -0.3 is 10.2 Å². The Balaban J connectivity index is 1.71. The number of nitrogens with one attached hydrogen (secondary N) is 1. The van der Waals surface area contributed by atoms with Crippen LogP contribution in [0.4, 0.5) is 5.13 Å². The van der Waals surface area contributed by atoms with Crippen LogP contribution >= 0.6 is 11.3 Å². The van der Waals surface area contributed by atoms with Gasteiger partial charge in [0.05, 0.1) is 16.1 Å². The summed E-state index contributed by atoms with van der Waals surface area (Å²) in [5, 5.41) is 12.3. The number of carbonyl (C=O) groups excluding carboxylic acids is 1. The van der Waals surface area contributed by atoms with Crippen LogP contribution in [0.2, 0.25) is 0 Å². The molecular formula is C13H12N4OS. The highest BCUT2D eigenvalue weighted by molar-refractivity contribution is 7.22. The number of aromatic nitrogens is 1. The predicted octanol–water partition coefficient (Wildman–Crippen LogP) is 2.04. The van der Waals surface area contributed by atoms with Crippen LogP contribution < -0.4 is 5.32 Å². The van der Waals surface area contributed by atoms with E-state index in [1.165, 1.54) is 11.3 Å². The number of para-hydroxylation sites is 1. The molecule has 2 heterocycles. The van der Waals surface area contributed by atoms with Crippen LogP contribution in [-0.2, 0) is 4.79 Å². The SMILES string of the molecule is N#CN1CCC(C(=O)Nc2nc3ccccc3s2)C1. The van der Waals surface area contributed by atoms with Gasteiger partial charge in [-0.1, -0.05) is 23.5 Å². The second-order valence-corrected chi connectivity index (χ2v) is 5.54. The number of fused-ring (bicyclic) bond motifs is 1. The molecule has 1 aliphatic heterocycles. The number of thiazole rings is 1. The Hall–Kier alpha value is -2.13. The topological polar surface area (TPSA) is 69.0 Å². The maximum atomic E-state index is 12.1. The molecule has 96 valence electrons. The highest BCUT2D eigenvalue weighted by Crippen LogP contribution is 2.26. The molecule has 3 rings (SSSR count). The molecule has 0 bridgehead atoms. The normalized spacial score (nSPS) is 18.5. The fraction of sp³-hybridized carbons (Fsp3) is 0.308. The Morgan fingerprint density at radius 3 is 3.11 bits per heavy atom. The Morgan fingerprint density at radius 1 is 1.53 bits per heavy atom. The van der Waals surface area contributed by atoms with Gasteiger partial charge in [0.25, 0.3) is 0 Å². The number of nitrogens with zero attached hydrogens (tertiary/aromatic N) is 3. The van der Waals surface area contributed by atoms with Gasteiger partial charge in [-0.25, -0.2) is 4.98 Å². The predicted molar refractivity (Wildman–Crippen MR) is 73.5 cm³/mol. The Morgan fingerprint density at radius 2 is 2.37 bits per heavy atom. The first kappa shape index (κ1) is 11.9. The molecule has 1 aliphatic rings. The molecular weight excluding hydrogens is 260 g/mol. The molecule has 1 aromatic carbocycles. The first-order valence-corrected chi connectivity index (χ1v) is 6.89. The maximum absolute atomic E-state index is 12.1. The molecule has 19 heavy (non-hydrogen) atoms. The summed E-state index contributed by atoms with van der Waals surface area (Å²) in [4.78, 5) is 18.1. The van der Waals surface area contributed by atoms with Crippen LogP contribution in [0, 0.1) is 17.4 Å². The van der Waals surface area contributed by atoms with Crippen molar-refractivity contribution >= 4 is 32.6 Å². The second kappa shape index (κ2) is 4.86. The summed E-state index contributed by atoms with van der Waals surface area (Å²) < 4.78 is 1.06. The molecule has 1 saturated heterocycles. The fourth-order valence-corrected chi connectivity index (χ4v) is 3.07. The molecule has 1 amide bonds. The van der Waals surface area contributed by atoms with E-state index in [1.54, 1.807) is 4.90 Å². The first-order chi connectivity index (χ1) is 9.26. The lowest BCUT2D eigenvalue weighted by Gasteiger charge is -2.08. The lowest BCUT2D eigenvalue weighted by molar-refractivity contribution is -0.119. The summed E-state index contributed by atoms with van der Waals surface area (Å²) in [7, 11) is 0. The van der Waals surface area contributed by atoms with E-state index in [4.69, 9.17) is 5.26 Å². The van der Waals surface area contributed by atoms with Crippen LogP contribution in [0.1, 0.15) is 6.42 Å². The minimum Gasteiger partial charge on any atom is -0.310 e. The van der Waals surface area contributed by atoms with Crippen molar-refractivity contribution in [3.63, 3.8) is 0 Å². The molecule has 0 spiro atoms. The van der Waals surface area contributed by atoms with Gasteiger partial charge in [-0.2, -0.15) is 5.26 Å². The van der Waals surface area contributed by atoms with E-state index in [2.05, 4.69) is 16.5 Å². The van der Waals surface area contributed by atoms with E-state index in [0.717, 1.165) is 16.6 Å². The van der Waals surface area contributed by atoms with Crippen LogP contribution in [-0.4, -0.2) is 28.9 Å². The first-order valence-electron chi connectivity index (χ1n) is 6.07. The Labute approximate surface area is 114 Å². The minimum atomic E-state index is -0.119. The van der Waals surface area contributed by atoms with Crippen molar-refractivity contribution in [1.82, 2.24) is 9.88 Å². The monoisotopic (exact) mass is 272 g/mol. The van der Waals surface area contributed by atoms with Crippen LogP contribution in [0.5, 0.6) is 0 Å². The van der Waals surface area contributed by atoms with Crippen LogP contribution in [0.25, 0.3) is 10.2 Å². The molecule has 6 heteroatoms. The van der Waals surface area contributed by atoms with Gasteiger partial charge in [-0.3, -0.25) is 4.79 Å². The number of rotatable bonds is 2. The summed E-state index contributed by atoms with van der Waals surface area (Å²) in [6, 6.07) is 7.79. The van der Waals surface area contributed by atoms with E-state index >= 15 is 0 Å². The zero-order valence-electron chi connectivity index (χ0n) is 10.2. The van der Waals surface area contributed by atoms with Gasteiger partial charge in [0.1, 0.15) is 0 Å². The van der Waals surface area contributed by atoms with Gasteiger partial charge in [0.2, 0.25) is 5.91 Å². The van der Waals surface area contributed by atoms with E-state index < -0.39 is 0 Å². The van der Waals surface area contributed by atoms with Crippen molar-refractivity contribution in [2.24, 2.45) is 5.92 Å². The minimum absolute atomic E-state index is 0.0446. The van der Waals surface area contributed by atoms with Crippen LogP contribution in [0.3, 0.4) is 0 Å². The molecule has 1 fully saturated rings. The smallest absolute Gasteiger partial charge is 0.231 e. The second-order valence-electron chi connectivity index (χ2n) is 4.51. The van der Waals surface area contributed by atoms with Gasteiger partial charge in [0, 0.05) is 13.1 Å². The maximum Gasteiger partial charge on any atom is 0.231 e. The quantitative estimate of drug-likeness (QED) is 0.849. The van der Waals surface area contributed by atoms with Gasteiger partial charge in [0.15, 0.2) is 11.3 Å². The van der Waals surface area contributed by atoms with E-state index in [1.807, 2.05) is 24.3 Å². The summed E-state index contributed by atoms with van der Waals surface area (Å²) >= 11 is 1.47. The number of hydrogen-bond acceptors (Lipinski definition) is 5. The van der Waals surface area contributed by atoms with Crippen molar-refractivity contribution in [3.05, 3.63) is 24.3 Å². The molecule has 1 N–H and O–H groups in total. The van der Waals surface area contributed by atoms with Gasteiger partial charge in [-0.15, -0.1) is 0 Å². The standard InChI is InChI=1S/C13H12N4OS/c14-8-17-6-5-9(7-17)12(18)16-13-15-10-3-1-2-4-11(10)19-13/h1-4,9H,5-7H2,(H,15,16,18). The van der Waals surface area contributed by atoms with Crippen molar-refractivity contribution in [3.8, 4) is 6.19 Å². The van der Waals surface area contributed by atoms with E-state index in [-0.39, 0.29) is 11.8 Å². The van der Waals surface area contributed by atoms with Crippen molar-refractivity contribution in [1.29, 1.82) is 5.26 Å². The van der Waals surface area contributed by atoms with Gasteiger partial charge in [-0.05, 0) is 18.6 Å². The number of likely N-dealkylation sites (tertiary alicyclic amines) is 1. The summed E-state index contributed by atoms with van der Waals surface area (Å²) in [6.07, 6.45) is 2.80. The molecule has 1 unspecified atom stereocenters. The largest absolute Gasteiger partial charge is 0.310 e. The third-order valence-electron chi connectivity index (χ3n) is 3.22. The van der Waals surface area contributed by atoms with Gasteiger partial charge >= 0.3 is 0 Å². The number of anilines is 1. The fourth-order valence-electron chi connectivity index (χ4n) is 2.20. The lowest BCUT2D eigenvalue weighted by Crippen LogP contribution is -2.25. The third kappa shape index (κ3) is 2.37. The number of benzene rings is 1. The van der Waals surface area contributed by atoms with Crippen molar-refractivity contribution in [2.75, 3.05) is 18.4 Å². The van der Waals surface area contributed by atoms with E-state index in [9.17, 15) is 4.79 Å². The summed E-state index contributed by atoms with van der Waals surface area (Å²) in [5.74, 6) is -0.163. The molecule has 2 aromatic rings.